The van der Waals surface area contributed by atoms with Gasteiger partial charge < -0.3 is 10.1 Å². The van der Waals surface area contributed by atoms with E-state index in [1.165, 1.54) is 12.1 Å². The van der Waals surface area contributed by atoms with Gasteiger partial charge in [-0.25, -0.2) is 4.39 Å². The van der Waals surface area contributed by atoms with Gasteiger partial charge in [-0.3, -0.25) is 0 Å². The van der Waals surface area contributed by atoms with Crippen molar-refractivity contribution in [1.82, 2.24) is 5.32 Å². The first kappa shape index (κ1) is 11.8. The molecule has 0 aliphatic carbocycles. The van der Waals surface area contributed by atoms with Gasteiger partial charge in [-0.2, -0.15) is 0 Å². The van der Waals surface area contributed by atoms with Crippen molar-refractivity contribution in [2.24, 2.45) is 5.41 Å². The third-order valence-corrected chi connectivity index (χ3v) is 2.92. The van der Waals surface area contributed by atoms with Gasteiger partial charge in [0.25, 0.3) is 0 Å². The van der Waals surface area contributed by atoms with Gasteiger partial charge in [-0.1, -0.05) is 18.5 Å². The predicted molar refractivity (Wildman–Crippen MR) is 62.0 cm³/mol. The Morgan fingerprint density at radius 3 is 2.75 bits per heavy atom. The molecule has 1 aromatic carbocycles. The van der Waals surface area contributed by atoms with Gasteiger partial charge in [0.2, 0.25) is 0 Å². The molecule has 0 spiro atoms. The highest BCUT2D eigenvalue weighted by Gasteiger charge is 2.32. The number of nitrogens with one attached hydrogen (secondary N) is 1. The third-order valence-electron chi connectivity index (χ3n) is 2.70. The van der Waals surface area contributed by atoms with E-state index < -0.39 is 0 Å². The minimum Gasteiger partial charge on any atom is -0.380 e. The van der Waals surface area contributed by atoms with E-state index >= 15 is 0 Å². The van der Waals surface area contributed by atoms with Crippen LogP contribution in [-0.2, 0) is 11.3 Å². The lowest BCUT2D eigenvalue weighted by atomic mass is 9.89. The maximum atomic E-state index is 13.0. The quantitative estimate of drug-likeness (QED) is 0.878. The van der Waals surface area contributed by atoms with Crippen LogP contribution in [0.25, 0.3) is 0 Å². The Hall–Kier alpha value is -0.640. The molecule has 88 valence electrons. The van der Waals surface area contributed by atoms with E-state index in [2.05, 4.69) is 12.2 Å². The SMILES string of the molecule is CC1(CNCc2cc(F)cc(Cl)c2)COC1. The van der Waals surface area contributed by atoms with Crippen molar-refractivity contribution in [3.63, 3.8) is 0 Å². The van der Waals surface area contributed by atoms with Crippen molar-refractivity contribution in [3.05, 3.63) is 34.6 Å². The molecular formula is C12H15ClFNO. The van der Waals surface area contributed by atoms with Gasteiger partial charge in [0, 0.05) is 23.5 Å². The molecule has 16 heavy (non-hydrogen) atoms. The van der Waals surface area contributed by atoms with E-state index in [0.717, 1.165) is 25.3 Å². The average molecular weight is 244 g/mol. The molecule has 1 aliphatic rings. The van der Waals surface area contributed by atoms with Crippen LogP contribution in [0.1, 0.15) is 12.5 Å². The number of halogens is 2. The summed E-state index contributed by atoms with van der Waals surface area (Å²) in [6.07, 6.45) is 0. The fraction of sp³-hybridized carbons (Fsp3) is 0.500. The topological polar surface area (TPSA) is 21.3 Å². The van der Waals surface area contributed by atoms with Crippen molar-refractivity contribution in [3.8, 4) is 0 Å². The van der Waals surface area contributed by atoms with Crippen molar-refractivity contribution < 1.29 is 9.13 Å². The molecule has 4 heteroatoms. The van der Waals surface area contributed by atoms with Crippen LogP contribution in [0.15, 0.2) is 18.2 Å². The highest BCUT2D eigenvalue weighted by molar-refractivity contribution is 6.30. The highest BCUT2D eigenvalue weighted by atomic mass is 35.5. The third kappa shape index (κ3) is 2.94. The van der Waals surface area contributed by atoms with E-state index in [-0.39, 0.29) is 11.2 Å². The summed E-state index contributed by atoms with van der Waals surface area (Å²) in [7, 11) is 0. The summed E-state index contributed by atoms with van der Waals surface area (Å²) in [5.74, 6) is -0.289. The van der Waals surface area contributed by atoms with E-state index in [4.69, 9.17) is 16.3 Å². The van der Waals surface area contributed by atoms with Crippen LogP contribution in [0.2, 0.25) is 5.02 Å². The summed E-state index contributed by atoms with van der Waals surface area (Å²) in [4.78, 5) is 0. The first-order chi connectivity index (χ1) is 7.57. The molecule has 1 N–H and O–H groups in total. The maximum Gasteiger partial charge on any atom is 0.125 e. The lowest BCUT2D eigenvalue weighted by molar-refractivity contribution is -0.0991. The molecule has 2 rings (SSSR count). The monoisotopic (exact) mass is 243 g/mol. The van der Waals surface area contributed by atoms with Crippen LogP contribution >= 0.6 is 11.6 Å². The Bertz CT molecular complexity index is 359. The summed E-state index contributed by atoms with van der Waals surface area (Å²) in [5.41, 5.74) is 1.10. The minimum absolute atomic E-state index is 0.233. The van der Waals surface area contributed by atoms with E-state index in [0.29, 0.717) is 11.6 Å². The second-order valence-electron chi connectivity index (χ2n) is 4.68. The molecule has 0 unspecified atom stereocenters. The molecule has 0 amide bonds. The summed E-state index contributed by atoms with van der Waals surface area (Å²) in [6.45, 7) is 5.27. The second-order valence-corrected chi connectivity index (χ2v) is 5.12. The molecule has 1 heterocycles. The highest BCUT2D eigenvalue weighted by Crippen LogP contribution is 2.25. The fourth-order valence-electron chi connectivity index (χ4n) is 1.77. The van der Waals surface area contributed by atoms with Crippen molar-refractivity contribution in [2.45, 2.75) is 13.5 Å². The van der Waals surface area contributed by atoms with Gasteiger partial charge in [0.15, 0.2) is 0 Å². The smallest absolute Gasteiger partial charge is 0.125 e. The first-order valence-electron chi connectivity index (χ1n) is 5.31. The van der Waals surface area contributed by atoms with Crippen LogP contribution in [0, 0.1) is 11.2 Å². The number of ether oxygens (including phenoxy) is 1. The summed E-state index contributed by atoms with van der Waals surface area (Å²) in [6, 6.07) is 4.59. The first-order valence-corrected chi connectivity index (χ1v) is 5.69. The van der Waals surface area contributed by atoms with Crippen LogP contribution in [0.5, 0.6) is 0 Å². The van der Waals surface area contributed by atoms with Gasteiger partial charge in [0.1, 0.15) is 5.82 Å². The summed E-state index contributed by atoms with van der Waals surface area (Å²) >= 11 is 5.77. The van der Waals surface area contributed by atoms with Crippen LogP contribution < -0.4 is 5.32 Å². The number of rotatable bonds is 4. The second kappa shape index (κ2) is 4.70. The van der Waals surface area contributed by atoms with Crippen LogP contribution in [0.4, 0.5) is 4.39 Å². The molecule has 0 saturated carbocycles. The van der Waals surface area contributed by atoms with Crippen LogP contribution in [-0.4, -0.2) is 19.8 Å². The van der Waals surface area contributed by atoms with Crippen molar-refractivity contribution in [1.29, 1.82) is 0 Å². The Morgan fingerprint density at radius 2 is 2.19 bits per heavy atom. The zero-order valence-electron chi connectivity index (χ0n) is 9.22. The largest absolute Gasteiger partial charge is 0.380 e. The van der Waals surface area contributed by atoms with E-state index in [9.17, 15) is 4.39 Å². The molecule has 1 saturated heterocycles. The normalized spacial score (nSPS) is 18.2. The maximum absolute atomic E-state index is 13.0. The zero-order valence-corrected chi connectivity index (χ0v) is 9.98. The lowest BCUT2D eigenvalue weighted by Gasteiger charge is -2.38. The van der Waals surface area contributed by atoms with Crippen molar-refractivity contribution >= 4 is 11.6 Å². The number of hydrogen-bond donors (Lipinski definition) is 1. The van der Waals surface area contributed by atoms with E-state index in [1.807, 2.05) is 0 Å². The zero-order chi connectivity index (χ0) is 11.6. The molecule has 1 aliphatic heterocycles. The minimum atomic E-state index is -0.289. The van der Waals surface area contributed by atoms with Gasteiger partial charge in [0.05, 0.1) is 13.2 Å². The Morgan fingerprint density at radius 1 is 1.44 bits per heavy atom. The molecule has 0 aromatic heterocycles. The van der Waals surface area contributed by atoms with Gasteiger partial charge in [-0.05, 0) is 23.8 Å². The molecule has 0 atom stereocenters. The molecular weight excluding hydrogens is 229 g/mol. The van der Waals surface area contributed by atoms with Gasteiger partial charge >= 0.3 is 0 Å². The number of benzene rings is 1. The standard InChI is InChI=1S/C12H15ClFNO/c1-12(7-16-8-12)6-15-5-9-2-10(13)4-11(14)3-9/h2-4,15H,5-8H2,1H3. The lowest BCUT2D eigenvalue weighted by Crippen LogP contribution is -2.47. The van der Waals surface area contributed by atoms with E-state index in [1.54, 1.807) is 6.07 Å². The molecule has 0 radical (unpaired) electrons. The molecule has 0 bridgehead atoms. The Kier molecular flexibility index (Phi) is 3.47. The van der Waals surface area contributed by atoms with Crippen LogP contribution in [0.3, 0.4) is 0 Å². The summed E-state index contributed by atoms with van der Waals surface area (Å²) < 4.78 is 18.2. The van der Waals surface area contributed by atoms with Gasteiger partial charge in [-0.15, -0.1) is 0 Å². The molecule has 1 fully saturated rings. The number of hydrogen-bond acceptors (Lipinski definition) is 2. The molecule has 2 nitrogen and oxygen atoms in total. The van der Waals surface area contributed by atoms with Crippen molar-refractivity contribution in [2.75, 3.05) is 19.8 Å². The fourth-order valence-corrected chi connectivity index (χ4v) is 2.02. The average Bonchev–Trinajstić information content (AvgIpc) is 2.13. The Balaban J connectivity index is 1.84. The Labute approximate surface area is 99.7 Å². The molecule has 1 aromatic rings. The summed E-state index contributed by atoms with van der Waals surface area (Å²) in [5, 5.41) is 3.73. The predicted octanol–water partition coefficient (Wildman–Crippen LogP) is 2.61.